The van der Waals surface area contributed by atoms with Crippen LogP contribution in [0, 0.1) is 0 Å². The average molecular weight is 258 g/mol. The van der Waals surface area contributed by atoms with Crippen LogP contribution in [0.1, 0.15) is 19.8 Å². The van der Waals surface area contributed by atoms with E-state index in [-0.39, 0.29) is 12.8 Å². The zero-order valence-corrected chi connectivity index (χ0v) is 10.5. The Kier molecular flexibility index (Phi) is 6.48. The van der Waals surface area contributed by atoms with Crippen molar-refractivity contribution in [1.82, 2.24) is 10.2 Å². The highest BCUT2D eigenvalue weighted by Gasteiger charge is 2.22. The summed E-state index contributed by atoms with van der Waals surface area (Å²) in [6.07, 6.45) is -0.473. The molecule has 0 aliphatic carbocycles. The first kappa shape index (κ1) is 16.0. The van der Waals surface area contributed by atoms with E-state index in [0.717, 1.165) is 5.57 Å². The smallest absolute Gasteiger partial charge is 0.326 e. The summed E-state index contributed by atoms with van der Waals surface area (Å²) < 4.78 is 0. The number of aliphatic carboxylic acids is 2. The van der Waals surface area contributed by atoms with Crippen LogP contribution in [0.25, 0.3) is 0 Å². The van der Waals surface area contributed by atoms with Gasteiger partial charge in [0.1, 0.15) is 6.04 Å². The third kappa shape index (κ3) is 6.51. The van der Waals surface area contributed by atoms with Crippen molar-refractivity contribution >= 4 is 18.0 Å². The zero-order valence-electron chi connectivity index (χ0n) is 10.5. The lowest BCUT2D eigenvalue weighted by Gasteiger charge is -2.21. The van der Waals surface area contributed by atoms with Crippen LogP contribution in [0.4, 0.5) is 4.79 Å². The Bertz CT molecular complexity index is 353. The minimum absolute atomic E-state index is 0.155. The van der Waals surface area contributed by atoms with Gasteiger partial charge in [0.05, 0.1) is 0 Å². The molecular formula is C11H18N2O5. The molecule has 0 saturated heterocycles. The molecule has 0 heterocycles. The molecule has 0 aliphatic rings. The lowest BCUT2D eigenvalue weighted by Crippen LogP contribution is -2.47. The van der Waals surface area contributed by atoms with Gasteiger partial charge in [-0.25, -0.2) is 9.59 Å². The quantitative estimate of drug-likeness (QED) is 0.577. The van der Waals surface area contributed by atoms with E-state index >= 15 is 0 Å². The number of likely N-dealkylation sites (N-methyl/N-ethyl adjacent to an activating group) is 1. The van der Waals surface area contributed by atoms with Crippen molar-refractivity contribution in [3.05, 3.63) is 12.2 Å². The Hall–Kier alpha value is -2.05. The summed E-state index contributed by atoms with van der Waals surface area (Å²) in [6, 6.07) is -1.78. The van der Waals surface area contributed by atoms with Gasteiger partial charge in [-0.1, -0.05) is 12.2 Å². The maximum Gasteiger partial charge on any atom is 0.326 e. The number of amides is 2. The van der Waals surface area contributed by atoms with E-state index in [1.807, 2.05) is 0 Å². The molecule has 1 atom stereocenters. The van der Waals surface area contributed by atoms with Crippen LogP contribution in [0.2, 0.25) is 0 Å². The standard InChI is InChI=1S/C11H18N2O5/c1-7(2)6-13(3)11(18)12-8(10(16)17)4-5-9(14)15/h8H,1,4-6H2,2-3H3,(H,12,18)(H,14,15)(H,16,17). The van der Waals surface area contributed by atoms with Crippen molar-refractivity contribution in [2.75, 3.05) is 13.6 Å². The maximum atomic E-state index is 11.6. The number of carbonyl (C=O) groups is 3. The number of carbonyl (C=O) groups excluding carboxylic acids is 1. The van der Waals surface area contributed by atoms with Crippen LogP contribution < -0.4 is 5.32 Å². The Morgan fingerprint density at radius 3 is 2.28 bits per heavy atom. The predicted octanol–water partition coefficient (Wildman–Crippen LogP) is 0.522. The number of nitrogens with zero attached hydrogens (tertiary/aromatic N) is 1. The van der Waals surface area contributed by atoms with Crippen LogP contribution in [0.15, 0.2) is 12.2 Å². The van der Waals surface area contributed by atoms with Crippen LogP contribution in [0.5, 0.6) is 0 Å². The van der Waals surface area contributed by atoms with Crippen molar-refractivity contribution in [2.45, 2.75) is 25.8 Å². The molecule has 0 saturated carbocycles. The molecular weight excluding hydrogens is 240 g/mol. The molecule has 0 aromatic rings. The number of carboxylic acid groups (broad SMARTS) is 2. The van der Waals surface area contributed by atoms with E-state index in [0.29, 0.717) is 6.54 Å². The van der Waals surface area contributed by atoms with E-state index in [1.165, 1.54) is 11.9 Å². The molecule has 3 N–H and O–H groups in total. The number of rotatable bonds is 7. The van der Waals surface area contributed by atoms with Crippen molar-refractivity contribution in [3.63, 3.8) is 0 Å². The Balaban J connectivity index is 4.40. The molecule has 2 amide bonds. The molecule has 0 aromatic heterocycles. The summed E-state index contributed by atoms with van der Waals surface area (Å²) in [4.78, 5) is 34.1. The van der Waals surface area contributed by atoms with Gasteiger partial charge in [-0.3, -0.25) is 4.79 Å². The summed E-state index contributed by atoms with van der Waals surface area (Å²) in [5, 5.41) is 19.6. The molecule has 7 nitrogen and oxygen atoms in total. The monoisotopic (exact) mass is 258 g/mol. The number of urea groups is 1. The molecule has 0 fully saturated rings. The Morgan fingerprint density at radius 2 is 1.89 bits per heavy atom. The van der Waals surface area contributed by atoms with Gasteiger partial charge in [0.2, 0.25) is 0 Å². The van der Waals surface area contributed by atoms with Crippen molar-refractivity contribution in [1.29, 1.82) is 0 Å². The molecule has 0 aromatic carbocycles. The van der Waals surface area contributed by atoms with Gasteiger partial charge < -0.3 is 20.4 Å². The van der Waals surface area contributed by atoms with E-state index in [2.05, 4.69) is 11.9 Å². The number of nitrogens with one attached hydrogen (secondary N) is 1. The molecule has 0 bridgehead atoms. The summed E-state index contributed by atoms with van der Waals surface area (Å²) in [5.41, 5.74) is 0.755. The maximum absolute atomic E-state index is 11.6. The fourth-order valence-electron chi connectivity index (χ4n) is 1.26. The molecule has 0 rings (SSSR count). The van der Waals surface area contributed by atoms with Crippen molar-refractivity contribution < 1.29 is 24.6 Å². The van der Waals surface area contributed by atoms with Gasteiger partial charge in [0.25, 0.3) is 0 Å². The second kappa shape index (κ2) is 7.31. The first-order valence-electron chi connectivity index (χ1n) is 5.34. The van der Waals surface area contributed by atoms with Crippen LogP contribution >= 0.6 is 0 Å². The zero-order chi connectivity index (χ0) is 14.3. The summed E-state index contributed by atoms with van der Waals surface area (Å²) in [5.74, 6) is -2.36. The highest BCUT2D eigenvalue weighted by atomic mass is 16.4. The number of hydrogen-bond donors (Lipinski definition) is 3. The van der Waals surface area contributed by atoms with Gasteiger partial charge in [0.15, 0.2) is 0 Å². The van der Waals surface area contributed by atoms with E-state index in [9.17, 15) is 14.4 Å². The second-order valence-electron chi connectivity index (χ2n) is 4.09. The first-order chi connectivity index (χ1) is 8.23. The summed E-state index contributed by atoms with van der Waals surface area (Å²) in [6.45, 7) is 5.68. The minimum Gasteiger partial charge on any atom is -0.481 e. The van der Waals surface area contributed by atoms with Gasteiger partial charge in [-0.15, -0.1) is 0 Å². The molecule has 0 spiro atoms. The number of hydrogen-bond acceptors (Lipinski definition) is 3. The highest BCUT2D eigenvalue weighted by Crippen LogP contribution is 2.00. The largest absolute Gasteiger partial charge is 0.481 e. The third-order valence-electron chi connectivity index (χ3n) is 2.10. The second-order valence-corrected chi connectivity index (χ2v) is 4.09. The normalized spacial score (nSPS) is 11.4. The molecule has 0 aliphatic heterocycles. The van der Waals surface area contributed by atoms with Crippen molar-refractivity contribution in [3.8, 4) is 0 Å². The Morgan fingerprint density at radius 1 is 1.33 bits per heavy atom. The molecule has 0 radical (unpaired) electrons. The van der Waals surface area contributed by atoms with E-state index < -0.39 is 24.0 Å². The SMILES string of the molecule is C=C(C)CN(C)C(=O)NC(CCC(=O)O)C(=O)O. The van der Waals surface area contributed by atoms with Crippen LogP contribution in [-0.4, -0.2) is 52.7 Å². The Labute approximate surface area is 105 Å². The minimum atomic E-state index is -1.26. The first-order valence-corrected chi connectivity index (χ1v) is 5.34. The summed E-state index contributed by atoms with van der Waals surface area (Å²) >= 11 is 0. The fourth-order valence-corrected chi connectivity index (χ4v) is 1.26. The van der Waals surface area contributed by atoms with Gasteiger partial charge >= 0.3 is 18.0 Å². The van der Waals surface area contributed by atoms with Crippen molar-refractivity contribution in [2.24, 2.45) is 0 Å². The van der Waals surface area contributed by atoms with E-state index in [4.69, 9.17) is 10.2 Å². The molecule has 18 heavy (non-hydrogen) atoms. The average Bonchev–Trinajstić information content (AvgIpc) is 2.21. The van der Waals surface area contributed by atoms with Gasteiger partial charge in [0, 0.05) is 20.0 Å². The molecule has 1 unspecified atom stereocenters. The van der Waals surface area contributed by atoms with Crippen LogP contribution in [0.3, 0.4) is 0 Å². The highest BCUT2D eigenvalue weighted by molar-refractivity contribution is 5.83. The van der Waals surface area contributed by atoms with Gasteiger partial charge in [-0.05, 0) is 13.3 Å². The molecule has 7 heteroatoms. The lowest BCUT2D eigenvalue weighted by atomic mass is 10.1. The molecule has 102 valence electrons. The topological polar surface area (TPSA) is 107 Å². The van der Waals surface area contributed by atoms with E-state index in [1.54, 1.807) is 6.92 Å². The summed E-state index contributed by atoms with van der Waals surface area (Å²) in [7, 11) is 1.50. The number of carboxylic acids is 2. The predicted molar refractivity (Wildman–Crippen MR) is 64.3 cm³/mol. The van der Waals surface area contributed by atoms with Crippen LogP contribution in [-0.2, 0) is 9.59 Å². The van der Waals surface area contributed by atoms with Gasteiger partial charge in [-0.2, -0.15) is 0 Å². The third-order valence-corrected chi connectivity index (χ3v) is 2.10. The fraction of sp³-hybridized carbons (Fsp3) is 0.545. The lowest BCUT2D eigenvalue weighted by molar-refractivity contribution is -0.140.